The third kappa shape index (κ3) is 1.48. The van der Waals surface area contributed by atoms with E-state index in [9.17, 15) is 8.78 Å². The van der Waals surface area contributed by atoms with Crippen LogP contribution >= 0.6 is 0 Å². The maximum atomic E-state index is 12.7. The molecule has 0 bridgehead atoms. The zero-order chi connectivity index (χ0) is 8.43. The molecule has 1 aromatic rings. The Labute approximate surface area is 63.3 Å². The lowest BCUT2D eigenvalue weighted by Crippen LogP contribution is -1.91. The van der Waals surface area contributed by atoms with Crippen LogP contribution in [-0.4, -0.2) is 5.11 Å². The van der Waals surface area contributed by atoms with Crippen molar-refractivity contribution in [2.24, 2.45) is 0 Å². The van der Waals surface area contributed by atoms with Gasteiger partial charge in [-0.3, -0.25) is 0 Å². The fourth-order valence-corrected chi connectivity index (χ4v) is 0.919. The Balaban J connectivity index is 3.21. The van der Waals surface area contributed by atoms with Gasteiger partial charge in [-0.15, -0.1) is 0 Å². The molecule has 0 saturated carbocycles. The van der Waals surface area contributed by atoms with Gasteiger partial charge < -0.3 is 5.11 Å². The van der Waals surface area contributed by atoms with Gasteiger partial charge in [0.25, 0.3) is 0 Å². The standard InChI is InChI=1S/C8H8F2O/c1-5(9)8-6(10)3-2-4-7(8)11/h2-5,11H,1H3. The number of phenols is 1. The average Bonchev–Trinajstić information content (AvgIpc) is 1.85. The molecule has 1 N–H and O–H groups in total. The number of phenolic OH excluding ortho intramolecular Hbond substituents is 1. The summed E-state index contributed by atoms with van der Waals surface area (Å²) in [5.74, 6) is -1.04. The molecule has 0 saturated heterocycles. The monoisotopic (exact) mass is 158 g/mol. The van der Waals surface area contributed by atoms with Gasteiger partial charge in [-0.2, -0.15) is 0 Å². The van der Waals surface area contributed by atoms with E-state index in [1.54, 1.807) is 0 Å². The summed E-state index contributed by atoms with van der Waals surface area (Å²) in [4.78, 5) is 0. The minimum Gasteiger partial charge on any atom is -0.507 e. The largest absolute Gasteiger partial charge is 0.507 e. The van der Waals surface area contributed by atoms with Crippen molar-refractivity contribution in [1.29, 1.82) is 0 Å². The lowest BCUT2D eigenvalue weighted by molar-refractivity contribution is 0.343. The molecule has 0 radical (unpaired) electrons. The topological polar surface area (TPSA) is 20.2 Å². The number of benzene rings is 1. The van der Waals surface area contributed by atoms with Crippen LogP contribution < -0.4 is 0 Å². The first-order chi connectivity index (χ1) is 5.13. The Morgan fingerprint density at radius 3 is 2.45 bits per heavy atom. The molecule has 1 nitrogen and oxygen atoms in total. The van der Waals surface area contributed by atoms with Gasteiger partial charge in [-0.1, -0.05) is 6.07 Å². The highest BCUT2D eigenvalue weighted by Gasteiger charge is 2.13. The molecular weight excluding hydrogens is 150 g/mol. The first kappa shape index (κ1) is 7.98. The first-order valence-corrected chi connectivity index (χ1v) is 3.24. The third-order valence-electron chi connectivity index (χ3n) is 1.43. The summed E-state index contributed by atoms with van der Waals surface area (Å²) in [5.41, 5.74) is -0.271. The molecular formula is C8H8F2O. The van der Waals surface area contributed by atoms with Crippen molar-refractivity contribution in [2.75, 3.05) is 0 Å². The van der Waals surface area contributed by atoms with Crippen molar-refractivity contribution >= 4 is 0 Å². The van der Waals surface area contributed by atoms with Crippen molar-refractivity contribution in [3.05, 3.63) is 29.6 Å². The minimum atomic E-state index is -1.48. The van der Waals surface area contributed by atoms with E-state index in [0.717, 1.165) is 6.07 Å². The van der Waals surface area contributed by atoms with Crippen LogP contribution in [0.15, 0.2) is 18.2 Å². The van der Waals surface area contributed by atoms with Crippen LogP contribution in [0.2, 0.25) is 0 Å². The third-order valence-corrected chi connectivity index (χ3v) is 1.43. The van der Waals surface area contributed by atoms with Crippen molar-refractivity contribution < 1.29 is 13.9 Å². The fraction of sp³-hybridized carbons (Fsp3) is 0.250. The normalized spacial score (nSPS) is 13.0. The van der Waals surface area contributed by atoms with E-state index in [2.05, 4.69) is 0 Å². The van der Waals surface area contributed by atoms with Gasteiger partial charge in [0.05, 0.1) is 5.56 Å². The maximum absolute atomic E-state index is 12.7. The van der Waals surface area contributed by atoms with Crippen molar-refractivity contribution in [3.8, 4) is 5.75 Å². The van der Waals surface area contributed by atoms with Gasteiger partial charge in [-0.05, 0) is 19.1 Å². The van der Waals surface area contributed by atoms with E-state index in [1.165, 1.54) is 19.1 Å². The first-order valence-electron chi connectivity index (χ1n) is 3.24. The SMILES string of the molecule is CC(F)c1c(O)cccc1F. The fourth-order valence-electron chi connectivity index (χ4n) is 0.919. The minimum absolute atomic E-state index is 0.271. The lowest BCUT2D eigenvalue weighted by atomic mass is 10.1. The van der Waals surface area contributed by atoms with E-state index in [4.69, 9.17) is 5.11 Å². The predicted molar refractivity (Wildman–Crippen MR) is 37.6 cm³/mol. The van der Waals surface area contributed by atoms with Gasteiger partial charge in [-0.25, -0.2) is 8.78 Å². The Bertz CT molecular complexity index is 238. The summed E-state index contributed by atoms with van der Waals surface area (Å²) < 4.78 is 25.3. The molecule has 0 spiro atoms. The van der Waals surface area contributed by atoms with Crippen LogP contribution in [0.1, 0.15) is 18.7 Å². The summed E-state index contributed by atoms with van der Waals surface area (Å²) in [5, 5.41) is 8.98. The number of hydrogen-bond acceptors (Lipinski definition) is 1. The smallest absolute Gasteiger partial charge is 0.133 e. The molecule has 60 valence electrons. The van der Waals surface area contributed by atoms with Crippen LogP contribution in [0.25, 0.3) is 0 Å². The van der Waals surface area contributed by atoms with Gasteiger partial charge in [0.15, 0.2) is 0 Å². The van der Waals surface area contributed by atoms with Gasteiger partial charge in [0, 0.05) is 0 Å². The zero-order valence-electron chi connectivity index (χ0n) is 6.01. The maximum Gasteiger partial charge on any atom is 0.133 e. The van der Waals surface area contributed by atoms with E-state index in [-0.39, 0.29) is 11.3 Å². The summed E-state index contributed by atoms with van der Waals surface area (Å²) in [7, 11) is 0. The molecule has 0 aromatic heterocycles. The Hall–Kier alpha value is -1.12. The van der Waals surface area contributed by atoms with Crippen LogP contribution in [0.5, 0.6) is 5.75 Å². The van der Waals surface area contributed by atoms with Gasteiger partial charge in [0.2, 0.25) is 0 Å². The molecule has 1 aromatic carbocycles. The highest BCUT2D eigenvalue weighted by Crippen LogP contribution is 2.28. The highest BCUT2D eigenvalue weighted by molar-refractivity contribution is 5.34. The molecule has 0 aliphatic rings. The molecule has 0 amide bonds. The van der Waals surface area contributed by atoms with Crippen molar-refractivity contribution in [3.63, 3.8) is 0 Å². The highest BCUT2D eigenvalue weighted by atomic mass is 19.1. The molecule has 0 heterocycles. The summed E-state index contributed by atoms with van der Waals surface area (Å²) in [6.45, 7) is 1.18. The van der Waals surface area contributed by atoms with Gasteiger partial charge >= 0.3 is 0 Å². The van der Waals surface area contributed by atoms with Crippen LogP contribution in [0.3, 0.4) is 0 Å². The van der Waals surface area contributed by atoms with Crippen molar-refractivity contribution in [2.45, 2.75) is 13.1 Å². The van der Waals surface area contributed by atoms with Crippen LogP contribution in [0.4, 0.5) is 8.78 Å². The molecule has 1 atom stereocenters. The van der Waals surface area contributed by atoms with Crippen LogP contribution in [0, 0.1) is 5.82 Å². The van der Waals surface area contributed by atoms with E-state index < -0.39 is 12.0 Å². The quantitative estimate of drug-likeness (QED) is 0.665. The second-order valence-corrected chi connectivity index (χ2v) is 2.29. The molecule has 0 aliphatic carbocycles. The Morgan fingerprint density at radius 2 is 2.09 bits per heavy atom. The molecule has 3 heteroatoms. The molecule has 1 unspecified atom stereocenters. The van der Waals surface area contributed by atoms with Gasteiger partial charge in [0.1, 0.15) is 17.7 Å². The van der Waals surface area contributed by atoms with Crippen molar-refractivity contribution in [1.82, 2.24) is 0 Å². The summed E-state index contributed by atoms with van der Waals surface area (Å²) >= 11 is 0. The second kappa shape index (κ2) is 2.86. The molecule has 11 heavy (non-hydrogen) atoms. The van der Waals surface area contributed by atoms with E-state index in [1.807, 2.05) is 0 Å². The lowest BCUT2D eigenvalue weighted by Gasteiger charge is -2.05. The molecule has 0 fully saturated rings. The Kier molecular flexibility index (Phi) is 2.08. The van der Waals surface area contributed by atoms with Crippen LogP contribution in [-0.2, 0) is 0 Å². The van der Waals surface area contributed by atoms with E-state index in [0.29, 0.717) is 0 Å². The molecule has 0 aliphatic heterocycles. The number of rotatable bonds is 1. The summed E-state index contributed by atoms with van der Waals surface area (Å²) in [6, 6.07) is 3.70. The number of halogens is 2. The van der Waals surface area contributed by atoms with E-state index >= 15 is 0 Å². The Morgan fingerprint density at radius 1 is 1.45 bits per heavy atom. The summed E-state index contributed by atoms with van der Waals surface area (Å²) in [6.07, 6.45) is -1.48. The number of hydrogen-bond donors (Lipinski definition) is 1. The number of aromatic hydroxyl groups is 1. The zero-order valence-corrected chi connectivity index (χ0v) is 6.01. The predicted octanol–water partition coefficient (Wildman–Crippen LogP) is 2.56. The molecule has 1 rings (SSSR count). The second-order valence-electron chi connectivity index (χ2n) is 2.29. The average molecular weight is 158 g/mol. The number of alkyl halides is 1.